The highest BCUT2D eigenvalue weighted by atomic mass is 19.1. The van der Waals surface area contributed by atoms with Gasteiger partial charge in [0, 0.05) is 30.6 Å². The number of rotatable bonds is 7. The third-order valence-corrected chi connectivity index (χ3v) is 5.83. The third kappa shape index (κ3) is 4.64. The van der Waals surface area contributed by atoms with Crippen molar-refractivity contribution in [2.45, 2.75) is 38.0 Å². The van der Waals surface area contributed by atoms with Gasteiger partial charge in [-0.3, -0.25) is 9.78 Å². The van der Waals surface area contributed by atoms with Gasteiger partial charge in [-0.15, -0.1) is 0 Å². The highest BCUT2D eigenvalue weighted by molar-refractivity contribution is 5.96. The van der Waals surface area contributed by atoms with Crippen molar-refractivity contribution in [2.24, 2.45) is 5.11 Å². The van der Waals surface area contributed by atoms with Gasteiger partial charge in [-0.05, 0) is 54.3 Å². The molecule has 0 saturated heterocycles. The SMILES string of the molecule is N=Nc1ccc(C2=CC=C(C(=O)NC3CC3)C(F)C2)nc1NCc1ccc2ncccc2c1. The highest BCUT2D eigenvalue weighted by Crippen LogP contribution is 2.32. The van der Waals surface area contributed by atoms with Gasteiger partial charge in [0.15, 0.2) is 5.82 Å². The van der Waals surface area contributed by atoms with Gasteiger partial charge in [0.25, 0.3) is 0 Å². The van der Waals surface area contributed by atoms with Crippen LogP contribution < -0.4 is 10.6 Å². The van der Waals surface area contributed by atoms with Gasteiger partial charge in [-0.25, -0.2) is 14.9 Å². The van der Waals surface area contributed by atoms with Crippen molar-refractivity contribution in [3.63, 3.8) is 0 Å². The number of carbonyl (C=O) groups excluding carboxylic acids is 1. The summed E-state index contributed by atoms with van der Waals surface area (Å²) >= 11 is 0. The number of nitrogens with zero attached hydrogens (tertiary/aromatic N) is 3. The number of benzene rings is 1. The normalized spacial score (nSPS) is 17.8. The van der Waals surface area contributed by atoms with Gasteiger partial charge >= 0.3 is 0 Å². The molecular weight excluding hydrogens is 419 g/mol. The molecule has 3 N–H and O–H groups in total. The first-order chi connectivity index (χ1) is 16.1. The van der Waals surface area contributed by atoms with Crippen molar-refractivity contribution in [2.75, 3.05) is 5.32 Å². The van der Waals surface area contributed by atoms with Gasteiger partial charge < -0.3 is 10.6 Å². The zero-order chi connectivity index (χ0) is 22.8. The lowest BCUT2D eigenvalue weighted by Gasteiger charge is -2.19. The number of amides is 1. The molecule has 1 fully saturated rings. The van der Waals surface area contributed by atoms with Gasteiger partial charge in [0.1, 0.15) is 11.9 Å². The molecule has 1 unspecified atom stereocenters. The van der Waals surface area contributed by atoms with Crippen molar-refractivity contribution in [1.29, 1.82) is 5.53 Å². The molecule has 0 aliphatic heterocycles. The van der Waals surface area contributed by atoms with E-state index in [1.54, 1.807) is 30.5 Å². The Morgan fingerprint density at radius 1 is 1.18 bits per heavy atom. The molecule has 166 valence electrons. The summed E-state index contributed by atoms with van der Waals surface area (Å²) in [5.41, 5.74) is 11.3. The van der Waals surface area contributed by atoms with E-state index in [-0.39, 0.29) is 23.9 Å². The predicted octanol–water partition coefficient (Wildman–Crippen LogP) is 5.23. The van der Waals surface area contributed by atoms with E-state index in [9.17, 15) is 9.18 Å². The quantitative estimate of drug-likeness (QED) is 0.436. The molecule has 1 atom stereocenters. The van der Waals surface area contributed by atoms with E-state index >= 15 is 0 Å². The summed E-state index contributed by atoms with van der Waals surface area (Å²) in [6.45, 7) is 0.486. The summed E-state index contributed by atoms with van der Waals surface area (Å²) in [5.74, 6) is 0.121. The van der Waals surface area contributed by atoms with Gasteiger partial charge in [-0.2, -0.15) is 5.11 Å². The van der Waals surface area contributed by atoms with Crippen LogP contribution in [0.25, 0.3) is 16.5 Å². The monoisotopic (exact) mass is 442 g/mol. The predicted molar refractivity (Wildman–Crippen MR) is 125 cm³/mol. The second-order valence-corrected chi connectivity index (χ2v) is 8.29. The molecule has 2 aromatic heterocycles. The van der Waals surface area contributed by atoms with Crippen LogP contribution in [-0.4, -0.2) is 28.1 Å². The summed E-state index contributed by atoms with van der Waals surface area (Å²) in [5, 5.41) is 10.7. The molecule has 0 spiro atoms. The number of nitrogens with one attached hydrogen (secondary N) is 3. The molecule has 2 heterocycles. The number of fused-ring (bicyclic) bond motifs is 1. The molecule has 3 aromatic rings. The Morgan fingerprint density at radius 3 is 2.85 bits per heavy atom. The zero-order valence-electron chi connectivity index (χ0n) is 17.9. The van der Waals surface area contributed by atoms with E-state index in [0.29, 0.717) is 29.3 Å². The van der Waals surface area contributed by atoms with E-state index in [1.165, 1.54) is 0 Å². The Balaban J connectivity index is 1.35. The molecule has 2 aliphatic carbocycles. The second kappa shape index (κ2) is 8.90. The largest absolute Gasteiger partial charge is 0.364 e. The standard InChI is InChI=1S/C25H23FN6O/c26-20-13-17(4-7-19(20)25(33)30-18-5-6-18)22-9-10-23(32-27)24(31-22)29-14-15-3-8-21-16(12-15)2-1-11-28-21/h1-4,7-12,18,20,27H,5-6,13-14H2,(H,29,31)(H,30,33). The topological polar surface area (TPSA) is 103 Å². The van der Waals surface area contributed by atoms with E-state index in [4.69, 9.17) is 5.53 Å². The summed E-state index contributed by atoms with van der Waals surface area (Å²) in [4.78, 5) is 21.2. The average molecular weight is 442 g/mol. The van der Waals surface area contributed by atoms with Crippen LogP contribution in [0.1, 0.15) is 30.5 Å². The fourth-order valence-electron chi connectivity index (χ4n) is 3.84. The fraction of sp³-hybridized carbons (Fsp3) is 0.240. The zero-order valence-corrected chi connectivity index (χ0v) is 17.9. The number of alkyl halides is 1. The van der Waals surface area contributed by atoms with Crippen molar-refractivity contribution in [3.05, 3.63) is 77.6 Å². The van der Waals surface area contributed by atoms with Gasteiger partial charge in [0.2, 0.25) is 5.91 Å². The van der Waals surface area contributed by atoms with Crippen LogP contribution in [0.5, 0.6) is 0 Å². The number of allylic oxidation sites excluding steroid dienone is 3. The highest BCUT2D eigenvalue weighted by Gasteiger charge is 2.30. The first-order valence-electron chi connectivity index (χ1n) is 10.9. The lowest BCUT2D eigenvalue weighted by Crippen LogP contribution is -2.31. The number of pyridine rings is 2. The Kier molecular flexibility index (Phi) is 5.64. The summed E-state index contributed by atoms with van der Waals surface area (Å²) in [6, 6.07) is 13.5. The van der Waals surface area contributed by atoms with Gasteiger partial charge in [-0.1, -0.05) is 24.3 Å². The Labute approximate surface area is 190 Å². The number of hydrogen-bond acceptors (Lipinski definition) is 6. The van der Waals surface area contributed by atoms with Crippen LogP contribution in [0.2, 0.25) is 0 Å². The van der Waals surface area contributed by atoms with Crippen LogP contribution in [0, 0.1) is 5.53 Å². The van der Waals surface area contributed by atoms with Crippen LogP contribution in [0.4, 0.5) is 15.9 Å². The molecule has 1 saturated carbocycles. The summed E-state index contributed by atoms with van der Waals surface area (Å²) in [6.07, 6.45) is 5.66. The molecule has 7 nitrogen and oxygen atoms in total. The number of anilines is 1. The minimum atomic E-state index is -1.38. The van der Waals surface area contributed by atoms with E-state index < -0.39 is 6.17 Å². The number of carbonyl (C=O) groups is 1. The maximum absolute atomic E-state index is 14.8. The Hall–Kier alpha value is -3.94. The maximum atomic E-state index is 14.8. The molecule has 0 radical (unpaired) electrons. The molecular formula is C25H23FN6O. The minimum Gasteiger partial charge on any atom is -0.364 e. The van der Waals surface area contributed by atoms with Crippen LogP contribution in [-0.2, 0) is 11.3 Å². The molecule has 1 aromatic carbocycles. The molecule has 8 heteroatoms. The maximum Gasteiger partial charge on any atom is 0.250 e. The minimum absolute atomic E-state index is 0.0748. The van der Waals surface area contributed by atoms with Crippen molar-refractivity contribution in [1.82, 2.24) is 15.3 Å². The van der Waals surface area contributed by atoms with Crippen LogP contribution in [0.3, 0.4) is 0 Å². The lowest BCUT2D eigenvalue weighted by atomic mass is 9.93. The summed E-state index contributed by atoms with van der Waals surface area (Å²) in [7, 11) is 0. The van der Waals surface area contributed by atoms with Crippen molar-refractivity contribution in [3.8, 4) is 0 Å². The number of aromatic nitrogens is 2. The third-order valence-electron chi connectivity index (χ3n) is 5.83. The first-order valence-corrected chi connectivity index (χ1v) is 10.9. The molecule has 1 amide bonds. The van der Waals surface area contributed by atoms with Crippen LogP contribution >= 0.6 is 0 Å². The number of hydrogen-bond donors (Lipinski definition) is 3. The second-order valence-electron chi connectivity index (χ2n) is 8.29. The first kappa shape index (κ1) is 20.9. The average Bonchev–Trinajstić information content (AvgIpc) is 3.66. The molecule has 2 aliphatic rings. The van der Waals surface area contributed by atoms with Gasteiger partial charge in [0.05, 0.1) is 16.8 Å². The van der Waals surface area contributed by atoms with E-state index in [0.717, 1.165) is 29.3 Å². The number of halogens is 1. The lowest BCUT2D eigenvalue weighted by molar-refractivity contribution is -0.118. The van der Waals surface area contributed by atoms with Crippen molar-refractivity contribution >= 4 is 33.9 Å². The Bertz CT molecular complexity index is 1300. The molecule has 5 rings (SSSR count). The van der Waals surface area contributed by atoms with E-state index in [1.807, 2.05) is 30.3 Å². The van der Waals surface area contributed by atoms with Crippen molar-refractivity contribution < 1.29 is 9.18 Å². The summed E-state index contributed by atoms with van der Waals surface area (Å²) < 4.78 is 14.8. The fourth-order valence-corrected chi connectivity index (χ4v) is 3.84. The Morgan fingerprint density at radius 2 is 2.06 bits per heavy atom. The molecule has 33 heavy (non-hydrogen) atoms. The van der Waals surface area contributed by atoms with Crippen LogP contribution in [0.15, 0.2) is 71.5 Å². The molecule has 0 bridgehead atoms. The van der Waals surface area contributed by atoms with E-state index in [2.05, 4.69) is 25.7 Å². The smallest absolute Gasteiger partial charge is 0.250 e.